The number of rotatable bonds is 1. The lowest BCUT2D eigenvalue weighted by Gasteiger charge is -2.12. The van der Waals surface area contributed by atoms with Gasteiger partial charge in [-0.2, -0.15) is 0 Å². The van der Waals surface area contributed by atoms with Crippen LogP contribution in [0.25, 0.3) is 0 Å². The first-order valence-corrected chi connectivity index (χ1v) is 5.49. The van der Waals surface area contributed by atoms with Crippen LogP contribution in [0.15, 0.2) is 17.1 Å². The van der Waals surface area contributed by atoms with E-state index in [1.807, 2.05) is 18.3 Å². The van der Waals surface area contributed by atoms with Crippen LogP contribution in [0, 0.1) is 13.8 Å². The molecule has 1 aromatic rings. The molecule has 0 radical (unpaired) electrons. The molecule has 15 heavy (non-hydrogen) atoms. The highest BCUT2D eigenvalue weighted by molar-refractivity contribution is 6.31. The minimum Gasteiger partial charge on any atom is -0.287 e. The molecule has 0 spiro atoms. The van der Waals surface area contributed by atoms with Gasteiger partial charge in [0.15, 0.2) is 0 Å². The maximum Gasteiger partial charge on any atom is 0.0524 e. The van der Waals surface area contributed by atoms with Gasteiger partial charge < -0.3 is 0 Å². The average Bonchev–Trinajstić information content (AvgIpc) is 2.07. The van der Waals surface area contributed by atoms with Gasteiger partial charge in [0, 0.05) is 11.2 Å². The molecular weight excluding hydrogens is 206 g/mol. The van der Waals surface area contributed by atoms with Crippen molar-refractivity contribution in [2.24, 2.45) is 4.99 Å². The van der Waals surface area contributed by atoms with Crippen LogP contribution in [0.5, 0.6) is 0 Å². The summed E-state index contributed by atoms with van der Waals surface area (Å²) < 4.78 is 0. The highest BCUT2D eigenvalue weighted by Gasteiger charge is 2.06. The lowest BCUT2D eigenvalue weighted by Crippen LogP contribution is -2.10. The molecule has 1 aromatic carbocycles. The van der Waals surface area contributed by atoms with E-state index in [0.717, 1.165) is 10.6 Å². The van der Waals surface area contributed by atoms with E-state index in [1.165, 1.54) is 11.1 Å². The summed E-state index contributed by atoms with van der Waals surface area (Å²) in [4.78, 5) is 4.49. The van der Waals surface area contributed by atoms with E-state index in [9.17, 15) is 0 Å². The van der Waals surface area contributed by atoms with E-state index in [1.54, 1.807) is 0 Å². The SMILES string of the molecule is Cc1cc(Cl)cc(C=NC(C)(C)C)c1C. The summed E-state index contributed by atoms with van der Waals surface area (Å²) in [7, 11) is 0. The van der Waals surface area contributed by atoms with Gasteiger partial charge >= 0.3 is 0 Å². The van der Waals surface area contributed by atoms with Crippen LogP contribution in [-0.2, 0) is 0 Å². The molecule has 0 N–H and O–H groups in total. The number of hydrogen-bond acceptors (Lipinski definition) is 1. The Hall–Kier alpha value is -0.820. The van der Waals surface area contributed by atoms with Crippen molar-refractivity contribution >= 4 is 17.8 Å². The van der Waals surface area contributed by atoms with Crippen molar-refractivity contribution < 1.29 is 0 Å². The third-order valence-electron chi connectivity index (χ3n) is 2.26. The first-order chi connectivity index (χ1) is 6.79. The van der Waals surface area contributed by atoms with Gasteiger partial charge in [-0.25, -0.2) is 0 Å². The fourth-order valence-corrected chi connectivity index (χ4v) is 1.52. The van der Waals surface area contributed by atoms with Crippen molar-refractivity contribution in [3.05, 3.63) is 33.8 Å². The van der Waals surface area contributed by atoms with Crippen molar-refractivity contribution in [2.45, 2.75) is 40.2 Å². The molecule has 0 bridgehead atoms. The molecule has 0 aliphatic heterocycles. The third kappa shape index (κ3) is 3.67. The molecule has 0 aliphatic carbocycles. The topological polar surface area (TPSA) is 12.4 Å². The zero-order valence-electron chi connectivity index (χ0n) is 10.1. The van der Waals surface area contributed by atoms with E-state index in [0.29, 0.717) is 0 Å². The Morgan fingerprint density at radius 2 is 1.80 bits per heavy atom. The highest BCUT2D eigenvalue weighted by atomic mass is 35.5. The second-order valence-electron chi connectivity index (χ2n) is 4.87. The summed E-state index contributed by atoms with van der Waals surface area (Å²) >= 11 is 6.01. The van der Waals surface area contributed by atoms with Crippen molar-refractivity contribution in [3.8, 4) is 0 Å². The molecule has 1 rings (SSSR count). The molecule has 1 nitrogen and oxygen atoms in total. The molecule has 0 heterocycles. The Kier molecular flexibility index (Phi) is 3.56. The van der Waals surface area contributed by atoms with Gasteiger partial charge in [0.2, 0.25) is 0 Å². The molecule has 0 fully saturated rings. The van der Waals surface area contributed by atoms with Gasteiger partial charge in [-0.1, -0.05) is 11.6 Å². The summed E-state index contributed by atoms with van der Waals surface area (Å²) in [6.07, 6.45) is 1.91. The van der Waals surface area contributed by atoms with E-state index in [4.69, 9.17) is 11.6 Å². The van der Waals surface area contributed by atoms with Crippen LogP contribution >= 0.6 is 11.6 Å². The van der Waals surface area contributed by atoms with Crippen LogP contribution in [0.4, 0.5) is 0 Å². The van der Waals surface area contributed by atoms with Crippen LogP contribution in [0.1, 0.15) is 37.5 Å². The number of benzene rings is 1. The fraction of sp³-hybridized carbons (Fsp3) is 0.462. The zero-order valence-corrected chi connectivity index (χ0v) is 10.8. The smallest absolute Gasteiger partial charge is 0.0524 e. The van der Waals surface area contributed by atoms with Gasteiger partial charge in [0.25, 0.3) is 0 Å². The van der Waals surface area contributed by atoms with Crippen molar-refractivity contribution in [1.29, 1.82) is 0 Å². The van der Waals surface area contributed by atoms with Crippen molar-refractivity contribution in [2.75, 3.05) is 0 Å². The molecule has 0 aromatic heterocycles. The predicted octanol–water partition coefficient (Wildman–Crippen LogP) is 4.17. The Morgan fingerprint density at radius 1 is 1.20 bits per heavy atom. The third-order valence-corrected chi connectivity index (χ3v) is 2.48. The van der Waals surface area contributed by atoms with E-state index >= 15 is 0 Å². The van der Waals surface area contributed by atoms with Crippen LogP contribution in [0.3, 0.4) is 0 Å². The van der Waals surface area contributed by atoms with E-state index in [2.05, 4.69) is 39.6 Å². The highest BCUT2D eigenvalue weighted by Crippen LogP contribution is 2.19. The Balaban J connectivity index is 3.10. The standard InChI is InChI=1S/C13H18ClN/c1-9-6-12(14)7-11(10(9)2)8-15-13(3,4)5/h6-8H,1-5H3. The quantitative estimate of drug-likeness (QED) is 0.634. The maximum absolute atomic E-state index is 6.01. The number of aryl methyl sites for hydroxylation is 1. The fourth-order valence-electron chi connectivity index (χ4n) is 1.24. The van der Waals surface area contributed by atoms with Crippen LogP contribution in [-0.4, -0.2) is 11.8 Å². The molecule has 0 atom stereocenters. The predicted molar refractivity (Wildman–Crippen MR) is 68.3 cm³/mol. The van der Waals surface area contributed by atoms with Crippen molar-refractivity contribution in [3.63, 3.8) is 0 Å². The zero-order chi connectivity index (χ0) is 11.6. The molecule has 0 aliphatic rings. The van der Waals surface area contributed by atoms with Crippen LogP contribution < -0.4 is 0 Å². The second-order valence-corrected chi connectivity index (χ2v) is 5.30. The summed E-state index contributed by atoms with van der Waals surface area (Å²) in [5.74, 6) is 0. The minimum absolute atomic E-state index is 0.0390. The van der Waals surface area contributed by atoms with Crippen molar-refractivity contribution in [1.82, 2.24) is 0 Å². The summed E-state index contributed by atoms with van der Waals surface area (Å²) in [5, 5.41) is 0.772. The molecule has 0 saturated heterocycles. The Labute approximate surface area is 97.2 Å². The van der Waals surface area contributed by atoms with Gasteiger partial charge in [0.05, 0.1) is 5.54 Å². The van der Waals surface area contributed by atoms with Gasteiger partial charge in [-0.3, -0.25) is 4.99 Å². The lowest BCUT2D eigenvalue weighted by atomic mass is 10.0. The molecule has 0 saturated carbocycles. The number of halogens is 1. The number of hydrogen-bond donors (Lipinski definition) is 0. The number of aliphatic imine (C=N–C) groups is 1. The van der Waals surface area contributed by atoms with Crippen LogP contribution in [0.2, 0.25) is 5.02 Å². The molecule has 0 unspecified atom stereocenters. The first kappa shape index (κ1) is 12.3. The Morgan fingerprint density at radius 3 is 2.33 bits per heavy atom. The maximum atomic E-state index is 6.01. The molecule has 2 heteroatoms. The number of nitrogens with zero attached hydrogens (tertiary/aromatic N) is 1. The summed E-state index contributed by atoms with van der Waals surface area (Å²) in [6.45, 7) is 10.4. The Bertz CT molecular complexity index is 386. The van der Waals surface area contributed by atoms with Gasteiger partial charge in [-0.05, 0) is 63.4 Å². The summed E-state index contributed by atoms with van der Waals surface area (Å²) in [6, 6.07) is 3.93. The monoisotopic (exact) mass is 223 g/mol. The van der Waals surface area contributed by atoms with Gasteiger partial charge in [0.1, 0.15) is 0 Å². The molecule has 0 amide bonds. The largest absolute Gasteiger partial charge is 0.287 e. The van der Waals surface area contributed by atoms with E-state index < -0.39 is 0 Å². The normalized spacial score (nSPS) is 12.4. The lowest BCUT2D eigenvalue weighted by molar-refractivity contribution is 0.586. The first-order valence-electron chi connectivity index (χ1n) is 5.11. The van der Waals surface area contributed by atoms with Gasteiger partial charge in [-0.15, -0.1) is 0 Å². The van der Waals surface area contributed by atoms with E-state index in [-0.39, 0.29) is 5.54 Å². The minimum atomic E-state index is -0.0390. The average molecular weight is 224 g/mol. The molecular formula is C13H18ClN. The second kappa shape index (κ2) is 4.36. The summed E-state index contributed by atoms with van der Waals surface area (Å²) in [5.41, 5.74) is 3.52. The molecule has 82 valence electrons.